The van der Waals surface area contributed by atoms with Gasteiger partial charge in [-0.3, -0.25) is 0 Å². The standard InChI is InChI=1S/C13H18ClN.C10H14O3S/c14-13-7-6-12(8-13)10-15-9-11-4-2-1-3-5-11;1-2-3-8-4-5-9(14-8)10(12)13-7-6-11/h1-5,12-13,15H,6-10H2;4-5,11H,2-3,6-7H2,1H3. The molecule has 0 amide bonds. The van der Waals surface area contributed by atoms with Crippen LogP contribution < -0.4 is 5.32 Å². The number of esters is 1. The molecule has 29 heavy (non-hydrogen) atoms. The van der Waals surface area contributed by atoms with Crippen molar-refractivity contribution in [3.05, 3.63) is 57.8 Å². The van der Waals surface area contributed by atoms with Crippen LogP contribution in [0.2, 0.25) is 0 Å². The Morgan fingerprint density at radius 1 is 1.24 bits per heavy atom. The lowest BCUT2D eigenvalue weighted by molar-refractivity contribution is 0.0439. The lowest BCUT2D eigenvalue weighted by Crippen LogP contribution is -2.21. The number of benzene rings is 1. The minimum Gasteiger partial charge on any atom is -0.459 e. The number of aryl methyl sites for hydroxylation is 1. The van der Waals surface area contributed by atoms with Crippen LogP contribution in [0.5, 0.6) is 0 Å². The maximum Gasteiger partial charge on any atom is 0.348 e. The van der Waals surface area contributed by atoms with Crippen molar-refractivity contribution in [3.8, 4) is 0 Å². The Bertz CT molecular complexity index is 707. The van der Waals surface area contributed by atoms with Crippen LogP contribution in [0, 0.1) is 5.92 Å². The average Bonchev–Trinajstić information content (AvgIpc) is 3.37. The molecule has 3 rings (SSSR count). The van der Waals surface area contributed by atoms with Gasteiger partial charge in [-0.15, -0.1) is 22.9 Å². The molecule has 4 nitrogen and oxygen atoms in total. The zero-order chi connectivity index (χ0) is 20.9. The largest absolute Gasteiger partial charge is 0.459 e. The van der Waals surface area contributed by atoms with E-state index in [4.69, 9.17) is 21.4 Å². The highest BCUT2D eigenvalue weighted by atomic mass is 35.5. The predicted molar refractivity (Wildman–Crippen MR) is 121 cm³/mol. The summed E-state index contributed by atoms with van der Waals surface area (Å²) in [6, 6.07) is 14.3. The Morgan fingerprint density at radius 3 is 2.69 bits per heavy atom. The van der Waals surface area contributed by atoms with Crippen LogP contribution in [0.25, 0.3) is 0 Å². The fourth-order valence-corrected chi connectivity index (χ4v) is 4.67. The van der Waals surface area contributed by atoms with Gasteiger partial charge in [-0.2, -0.15) is 0 Å². The number of hydrogen-bond donors (Lipinski definition) is 2. The van der Waals surface area contributed by atoms with Crippen molar-refractivity contribution >= 4 is 28.9 Å². The van der Waals surface area contributed by atoms with Crippen LogP contribution in [0.1, 0.15) is 52.7 Å². The zero-order valence-corrected chi connectivity index (χ0v) is 18.7. The van der Waals surface area contributed by atoms with Crippen LogP contribution in [-0.2, 0) is 17.7 Å². The third kappa shape index (κ3) is 9.30. The van der Waals surface area contributed by atoms with E-state index in [0.717, 1.165) is 31.8 Å². The number of aliphatic hydroxyl groups is 1. The summed E-state index contributed by atoms with van der Waals surface area (Å²) >= 11 is 7.53. The number of nitrogens with one attached hydrogen (secondary N) is 1. The predicted octanol–water partition coefficient (Wildman–Crippen LogP) is 5.03. The fraction of sp³-hybridized carbons (Fsp3) is 0.522. The highest BCUT2D eigenvalue weighted by molar-refractivity contribution is 7.13. The molecule has 1 fully saturated rings. The highest BCUT2D eigenvalue weighted by Gasteiger charge is 2.22. The molecule has 160 valence electrons. The summed E-state index contributed by atoms with van der Waals surface area (Å²) in [5.74, 6) is 0.447. The van der Waals surface area contributed by atoms with E-state index in [0.29, 0.717) is 10.3 Å². The van der Waals surface area contributed by atoms with Gasteiger partial charge < -0.3 is 15.2 Å². The van der Waals surface area contributed by atoms with Crippen LogP contribution in [0.15, 0.2) is 42.5 Å². The lowest BCUT2D eigenvalue weighted by atomic mass is 10.1. The molecule has 0 aliphatic heterocycles. The Hall–Kier alpha value is -1.40. The normalized spacial score (nSPS) is 18.2. The summed E-state index contributed by atoms with van der Waals surface area (Å²) in [4.78, 5) is 13.1. The van der Waals surface area contributed by atoms with Gasteiger partial charge in [-0.1, -0.05) is 43.7 Å². The minimum atomic E-state index is -0.341. The van der Waals surface area contributed by atoms with E-state index >= 15 is 0 Å². The van der Waals surface area contributed by atoms with E-state index in [1.807, 2.05) is 6.07 Å². The minimum absolute atomic E-state index is 0.0693. The molecule has 0 bridgehead atoms. The molecule has 2 N–H and O–H groups in total. The van der Waals surface area contributed by atoms with E-state index in [-0.39, 0.29) is 19.2 Å². The molecule has 2 unspecified atom stereocenters. The van der Waals surface area contributed by atoms with Gasteiger partial charge in [0.05, 0.1) is 6.61 Å². The van der Waals surface area contributed by atoms with Crippen LogP contribution in [-0.4, -0.2) is 36.2 Å². The van der Waals surface area contributed by atoms with E-state index in [2.05, 4.69) is 42.6 Å². The summed E-state index contributed by atoms with van der Waals surface area (Å²) in [7, 11) is 0. The molecule has 1 aliphatic rings. The van der Waals surface area contributed by atoms with Crippen LogP contribution in [0.3, 0.4) is 0 Å². The number of alkyl halides is 1. The second kappa shape index (κ2) is 13.8. The molecule has 6 heteroatoms. The van der Waals surface area contributed by atoms with Crippen molar-refractivity contribution in [1.82, 2.24) is 5.32 Å². The second-order valence-electron chi connectivity index (χ2n) is 7.27. The van der Waals surface area contributed by atoms with Crippen molar-refractivity contribution in [2.75, 3.05) is 19.8 Å². The van der Waals surface area contributed by atoms with Crippen LogP contribution >= 0.6 is 22.9 Å². The quantitative estimate of drug-likeness (QED) is 0.426. The molecular weight excluding hydrogens is 406 g/mol. The monoisotopic (exact) mass is 437 g/mol. The molecule has 2 aromatic rings. The number of ether oxygens (including phenoxy) is 1. The zero-order valence-electron chi connectivity index (χ0n) is 17.1. The van der Waals surface area contributed by atoms with Crippen molar-refractivity contribution in [3.63, 3.8) is 0 Å². The Morgan fingerprint density at radius 2 is 2.03 bits per heavy atom. The van der Waals surface area contributed by atoms with Gasteiger partial charge in [0.15, 0.2) is 0 Å². The summed E-state index contributed by atoms with van der Waals surface area (Å²) < 4.78 is 4.79. The van der Waals surface area contributed by atoms with Crippen molar-refractivity contribution in [2.45, 2.75) is 50.9 Å². The first-order valence-corrected chi connectivity index (χ1v) is 11.6. The number of rotatable bonds is 9. The first-order chi connectivity index (χ1) is 14.1. The van der Waals surface area contributed by atoms with E-state index in [9.17, 15) is 4.79 Å². The molecule has 1 heterocycles. The number of carbonyl (C=O) groups excluding carboxylic acids is 1. The van der Waals surface area contributed by atoms with Gasteiger partial charge in [0.2, 0.25) is 0 Å². The summed E-state index contributed by atoms with van der Waals surface area (Å²) in [6.07, 6.45) is 5.74. The first-order valence-electron chi connectivity index (χ1n) is 10.4. The van der Waals surface area contributed by atoms with Gasteiger partial charge >= 0.3 is 5.97 Å². The van der Waals surface area contributed by atoms with E-state index < -0.39 is 0 Å². The summed E-state index contributed by atoms with van der Waals surface area (Å²) in [5, 5.41) is 12.4. The maximum atomic E-state index is 11.3. The summed E-state index contributed by atoms with van der Waals surface area (Å²) in [6.45, 7) is 4.13. The van der Waals surface area contributed by atoms with Crippen LogP contribution in [0.4, 0.5) is 0 Å². The van der Waals surface area contributed by atoms with Crippen molar-refractivity contribution in [2.24, 2.45) is 5.92 Å². The lowest BCUT2D eigenvalue weighted by Gasteiger charge is -2.10. The number of thiophene rings is 1. The number of aliphatic hydroxyl groups excluding tert-OH is 1. The molecular formula is C23H32ClNO3S. The molecule has 0 saturated heterocycles. The van der Waals surface area contributed by atoms with Gasteiger partial charge in [0.1, 0.15) is 11.5 Å². The second-order valence-corrected chi connectivity index (χ2v) is 9.05. The maximum absolute atomic E-state index is 11.3. The Kier molecular flexibility index (Phi) is 11.3. The smallest absolute Gasteiger partial charge is 0.348 e. The summed E-state index contributed by atoms with van der Waals surface area (Å²) in [5.41, 5.74) is 1.36. The average molecular weight is 438 g/mol. The third-order valence-electron chi connectivity index (χ3n) is 4.77. The number of hydrogen-bond acceptors (Lipinski definition) is 5. The highest BCUT2D eigenvalue weighted by Crippen LogP contribution is 2.28. The number of halogens is 1. The van der Waals surface area contributed by atoms with Gasteiger partial charge in [0.25, 0.3) is 0 Å². The van der Waals surface area contributed by atoms with Gasteiger partial charge in [0, 0.05) is 16.8 Å². The number of carbonyl (C=O) groups is 1. The topological polar surface area (TPSA) is 58.6 Å². The molecule has 0 radical (unpaired) electrons. The molecule has 0 spiro atoms. The van der Waals surface area contributed by atoms with E-state index in [1.54, 1.807) is 6.07 Å². The van der Waals surface area contributed by atoms with E-state index in [1.165, 1.54) is 41.0 Å². The molecule has 1 saturated carbocycles. The molecule has 1 aromatic carbocycles. The fourth-order valence-electron chi connectivity index (χ4n) is 3.29. The molecule has 2 atom stereocenters. The SMILES string of the molecule is CCCc1ccc(C(=O)OCCO)s1.ClC1CCC(CNCc2ccccc2)C1. The Balaban J connectivity index is 0.000000208. The van der Waals surface area contributed by atoms with Crippen molar-refractivity contribution in [1.29, 1.82) is 0 Å². The van der Waals surface area contributed by atoms with Gasteiger partial charge in [-0.25, -0.2) is 4.79 Å². The van der Waals surface area contributed by atoms with Gasteiger partial charge in [-0.05, 0) is 55.8 Å². The first kappa shape index (κ1) is 23.9. The molecule has 1 aliphatic carbocycles. The third-order valence-corrected chi connectivity index (χ3v) is 6.29. The van der Waals surface area contributed by atoms with Crippen molar-refractivity contribution < 1.29 is 14.6 Å². The Labute approximate surface area is 183 Å². The molecule has 1 aromatic heterocycles.